The zero-order chi connectivity index (χ0) is 29.0. The lowest BCUT2D eigenvalue weighted by Crippen LogP contribution is -2.47. The molecule has 4 rings (SSSR count). The number of hydrogen-bond donors (Lipinski definition) is 1. The van der Waals surface area contributed by atoms with Gasteiger partial charge in [-0.2, -0.15) is 0 Å². The number of ether oxygens (including phenoxy) is 3. The molecule has 0 saturated heterocycles. The van der Waals surface area contributed by atoms with Gasteiger partial charge >= 0.3 is 12.1 Å². The Morgan fingerprint density at radius 2 is 1.75 bits per heavy atom. The number of benzene rings is 3. The second kappa shape index (κ2) is 12.3. The summed E-state index contributed by atoms with van der Waals surface area (Å²) in [4.78, 5) is 27.1. The van der Waals surface area contributed by atoms with Crippen LogP contribution < -0.4 is 4.74 Å². The number of carbonyl (C=O) groups excluding carboxylic acids is 2. The number of fused-ring (bicyclic) bond motifs is 1. The Morgan fingerprint density at radius 3 is 2.42 bits per heavy atom. The van der Waals surface area contributed by atoms with E-state index in [-0.39, 0.29) is 12.6 Å². The molecule has 0 aromatic heterocycles. The van der Waals surface area contributed by atoms with Crippen molar-refractivity contribution in [3.8, 4) is 16.9 Å². The lowest BCUT2D eigenvalue weighted by atomic mass is 9.85. The third-order valence-electron chi connectivity index (χ3n) is 7.02. The van der Waals surface area contributed by atoms with E-state index in [9.17, 15) is 14.7 Å². The van der Waals surface area contributed by atoms with Crippen molar-refractivity contribution in [2.75, 3.05) is 20.8 Å². The second-order valence-electron chi connectivity index (χ2n) is 11.0. The average molecular weight is 566 g/mol. The molecule has 0 radical (unpaired) electrons. The van der Waals surface area contributed by atoms with E-state index in [1.54, 1.807) is 35.2 Å². The molecule has 0 aliphatic heterocycles. The second-order valence-corrected chi connectivity index (χ2v) is 11.4. The minimum Gasteiger partial charge on any atom is -0.496 e. The molecule has 1 aliphatic carbocycles. The largest absolute Gasteiger partial charge is 0.496 e. The maximum absolute atomic E-state index is 13.4. The molecule has 0 heterocycles. The first-order valence-electron chi connectivity index (χ1n) is 13.3. The number of esters is 1. The van der Waals surface area contributed by atoms with Gasteiger partial charge in [-0.1, -0.05) is 48.0 Å². The average Bonchev–Trinajstić information content (AvgIpc) is 2.93. The Morgan fingerprint density at radius 1 is 1.02 bits per heavy atom. The Kier molecular flexibility index (Phi) is 9.06. The molecule has 0 fully saturated rings. The number of hydrogen-bond acceptors (Lipinski definition) is 6. The van der Waals surface area contributed by atoms with Crippen molar-refractivity contribution in [3.63, 3.8) is 0 Å². The number of rotatable bonds is 7. The molecule has 1 N–H and O–H groups in total. The van der Waals surface area contributed by atoms with Crippen LogP contribution in [0.3, 0.4) is 0 Å². The maximum Gasteiger partial charge on any atom is 0.410 e. The molecule has 40 heavy (non-hydrogen) atoms. The van der Waals surface area contributed by atoms with E-state index in [4.69, 9.17) is 25.8 Å². The SMILES string of the molecule is COC(=O)c1ccc(-c2ccc3c(c2)C[C@@H](N(C[C@@H](O)c2cccc(Cl)c2)C(=O)OC(C)(C)C)CC3)cc1OC. The van der Waals surface area contributed by atoms with Gasteiger partial charge in [0, 0.05) is 11.1 Å². The molecule has 2 atom stereocenters. The van der Waals surface area contributed by atoms with Gasteiger partial charge in [-0.05, 0) is 92.1 Å². The maximum atomic E-state index is 13.4. The number of halogens is 1. The first kappa shape index (κ1) is 29.4. The quantitative estimate of drug-likeness (QED) is 0.324. The van der Waals surface area contributed by atoms with Gasteiger partial charge in [0.25, 0.3) is 0 Å². The molecule has 3 aromatic rings. The Hall–Kier alpha value is -3.55. The van der Waals surface area contributed by atoms with Crippen LogP contribution >= 0.6 is 11.6 Å². The number of aryl methyl sites for hydroxylation is 1. The van der Waals surface area contributed by atoms with E-state index in [0.717, 1.165) is 29.5 Å². The first-order chi connectivity index (χ1) is 19.0. The fourth-order valence-corrected chi connectivity index (χ4v) is 5.23. The van der Waals surface area contributed by atoms with Crippen LogP contribution in [0.15, 0.2) is 60.7 Å². The highest BCUT2D eigenvalue weighted by Gasteiger charge is 2.33. The van der Waals surface area contributed by atoms with Gasteiger partial charge in [-0.15, -0.1) is 0 Å². The fourth-order valence-electron chi connectivity index (χ4n) is 5.03. The smallest absolute Gasteiger partial charge is 0.410 e. The minimum atomic E-state index is -0.917. The molecule has 3 aromatic carbocycles. The van der Waals surface area contributed by atoms with Gasteiger partial charge in [0.15, 0.2) is 0 Å². The summed E-state index contributed by atoms with van der Waals surface area (Å²) in [5.74, 6) is -0.0232. The monoisotopic (exact) mass is 565 g/mol. The van der Waals surface area contributed by atoms with Gasteiger partial charge in [-0.25, -0.2) is 9.59 Å². The highest BCUT2D eigenvalue weighted by Crippen LogP contribution is 2.33. The van der Waals surface area contributed by atoms with E-state index < -0.39 is 23.8 Å². The topological polar surface area (TPSA) is 85.3 Å². The van der Waals surface area contributed by atoms with Gasteiger partial charge in [-0.3, -0.25) is 0 Å². The molecule has 0 saturated carbocycles. The van der Waals surface area contributed by atoms with E-state index in [1.807, 2.05) is 32.9 Å². The molecule has 0 unspecified atom stereocenters. The van der Waals surface area contributed by atoms with Gasteiger partial charge in [0.2, 0.25) is 0 Å². The summed E-state index contributed by atoms with van der Waals surface area (Å²) in [5, 5.41) is 11.6. The third kappa shape index (κ3) is 6.95. The summed E-state index contributed by atoms with van der Waals surface area (Å²) in [6, 6.07) is 18.5. The third-order valence-corrected chi connectivity index (χ3v) is 7.26. The number of nitrogens with zero attached hydrogens (tertiary/aromatic N) is 1. The lowest BCUT2D eigenvalue weighted by molar-refractivity contribution is 0.00195. The molecular formula is C32H36ClNO6. The number of methoxy groups -OCH3 is 2. The van der Waals surface area contributed by atoms with Crippen molar-refractivity contribution in [2.45, 2.75) is 57.8 Å². The Balaban J connectivity index is 1.62. The van der Waals surface area contributed by atoms with Crippen LogP contribution in [0, 0.1) is 0 Å². The Bertz CT molecular complexity index is 1380. The molecule has 1 aliphatic rings. The first-order valence-corrected chi connectivity index (χ1v) is 13.7. The van der Waals surface area contributed by atoms with Crippen molar-refractivity contribution in [3.05, 3.63) is 87.9 Å². The zero-order valence-electron chi connectivity index (χ0n) is 23.6. The molecule has 8 heteroatoms. The molecule has 1 amide bonds. The highest BCUT2D eigenvalue weighted by atomic mass is 35.5. The summed E-state index contributed by atoms with van der Waals surface area (Å²) < 4.78 is 16.1. The van der Waals surface area contributed by atoms with Crippen LogP contribution in [0.25, 0.3) is 11.1 Å². The normalized spacial score (nSPS) is 15.5. The number of amides is 1. The van der Waals surface area contributed by atoms with E-state index in [2.05, 4.69) is 18.2 Å². The highest BCUT2D eigenvalue weighted by molar-refractivity contribution is 6.30. The summed E-state index contributed by atoms with van der Waals surface area (Å²) in [6.45, 7) is 5.58. The number of carbonyl (C=O) groups is 2. The molecular weight excluding hydrogens is 530 g/mol. The van der Waals surface area contributed by atoms with Crippen LogP contribution in [0.1, 0.15) is 60.3 Å². The van der Waals surface area contributed by atoms with Crippen molar-refractivity contribution in [1.82, 2.24) is 4.90 Å². The summed E-state index contributed by atoms with van der Waals surface area (Å²) in [5.41, 5.74) is 4.53. The molecule has 7 nitrogen and oxygen atoms in total. The van der Waals surface area contributed by atoms with Crippen LogP contribution in [0.2, 0.25) is 5.02 Å². The van der Waals surface area contributed by atoms with Crippen molar-refractivity contribution < 1.29 is 28.9 Å². The fraction of sp³-hybridized carbons (Fsp3) is 0.375. The van der Waals surface area contributed by atoms with Crippen LogP contribution in [-0.4, -0.2) is 54.5 Å². The zero-order valence-corrected chi connectivity index (χ0v) is 24.3. The van der Waals surface area contributed by atoms with Gasteiger partial charge in [0.05, 0.1) is 26.9 Å². The van der Waals surface area contributed by atoms with Crippen LogP contribution in [0.5, 0.6) is 5.75 Å². The standard InChI is InChI=1S/C32H36ClNO6/c1-32(2,3)40-31(37)34(19-28(35)23-7-6-8-25(33)16-23)26-13-11-20-9-10-21(15-24(20)17-26)22-12-14-27(30(36)39-5)29(18-22)38-4/h6-10,12,14-16,18,26,28,35H,11,13,17,19H2,1-5H3/t26-,28+/m0/s1. The van der Waals surface area contributed by atoms with Crippen LogP contribution in [0.4, 0.5) is 4.79 Å². The molecule has 212 valence electrons. The summed E-state index contributed by atoms with van der Waals surface area (Å²) in [7, 11) is 2.86. The van der Waals surface area contributed by atoms with Crippen molar-refractivity contribution >= 4 is 23.7 Å². The van der Waals surface area contributed by atoms with Crippen molar-refractivity contribution in [2.24, 2.45) is 0 Å². The molecule has 0 bridgehead atoms. The summed E-state index contributed by atoms with van der Waals surface area (Å²) in [6.07, 6.45) is 0.774. The lowest BCUT2D eigenvalue weighted by Gasteiger charge is -2.37. The predicted octanol–water partition coefficient (Wildman–Crippen LogP) is 6.63. The Labute approximate surface area is 240 Å². The molecule has 0 spiro atoms. The van der Waals surface area contributed by atoms with Gasteiger partial charge in [0.1, 0.15) is 16.9 Å². The number of aliphatic hydroxyl groups excluding tert-OH is 1. The van der Waals surface area contributed by atoms with E-state index in [1.165, 1.54) is 19.8 Å². The summed E-state index contributed by atoms with van der Waals surface area (Å²) >= 11 is 6.15. The predicted molar refractivity (Wildman–Crippen MR) is 155 cm³/mol. The van der Waals surface area contributed by atoms with Gasteiger partial charge < -0.3 is 24.2 Å². The number of aliphatic hydroxyl groups is 1. The van der Waals surface area contributed by atoms with Crippen LogP contribution in [-0.2, 0) is 22.3 Å². The van der Waals surface area contributed by atoms with E-state index >= 15 is 0 Å². The minimum absolute atomic E-state index is 0.0845. The van der Waals surface area contributed by atoms with E-state index in [0.29, 0.717) is 28.3 Å². The van der Waals surface area contributed by atoms with Crippen molar-refractivity contribution in [1.29, 1.82) is 0 Å².